The largest absolute Gasteiger partial charge is 0.486 e. The molecule has 1 heterocycles. The van der Waals surface area contributed by atoms with Crippen molar-refractivity contribution in [2.45, 2.75) is 6.18 Å². The summed E-state index contributed by atoms with van der Waals surface area (Å²) in [6, 6.07) is 7.13. The van der Waals surface area contributed by atoms with Crippen LogP contribution in [0.4, 0.5) is 23.7 Å². The Morgan fingerprint density at radius 1 is 0.941 bits per heavy atom. The lowest BCUT2D eigenvalue weighted by Crippen LogP contribution is -2.38. The maximum absolute atomic E-state index is 12.5. The lowest BCUT2D eigenvalue weighted by Gasteiger charge is -2.19. The molecule has 13 heteroatoms. The van der Waals surface area contributed by atoms with Gasteiger partial charge in [0, 0.05) is 17.3 Å². The fraction of sp³-hybridized carbons (Fsp3) is 0.238. The molecular weight excluding hydrogens is 463 g/mol. The van der Waals surface area contributed by atoms with Gasteiger partial charge in [0.15, 0.2) is 18.1 Å². The number of anilines is 1. The van der Waals surface area contributed by atoms with Crippen LogP contribution in [0, 0.1) is 0 Å². The fourth-order valence-electron chi connectivity index (χ4n) is 2.71. The first-order valence-electron chi connectivity index (χ1n) is 9.73. The molecule has 0 fully saturated rings. The molecule has 0 bridgehead atoms. The van der Waals surface area contributed by atoms with Crippen molar-refractivity contribution in [1.82, 2.24) is 10.6 Å². The molecule has 1 aliphatic heterocycles. The minimum absolute atomic E-state index is 0.102. The minimum atomic E-state index is -4.54. The normalized spacial score (nSPS) is 12.3. The number of hydrogen-bond acceptors (Lipinski definition) is 7. The van der Waals surface area contributed by atoms with E-state index in [-0.39, 0.29) is 5.56 Å². The van der Waals surface area contributed by atoms with Crippen LogP contribution in [0.2, 0.25) is 0 Å². The van der Waals surface area contributed by atoms with Gasteiger partial charge in [-0.3, -0.25) is 19.7 Å². The summed E-state index contributed by atoms with van der Waals surface area (Å²) in [6.45, 7) is -0.677. The Labute approximate surface area is 190 Å². The van der Waals surface area contributed by atoms with Gasteiger partial charge in [-0.25, -0.2) is 4.79 Å². The molecule has 0 saturated carbocycles. The number of hydrogen-bond donors (Lipinski definition) is 3. The topological polar surface area (TPSA) is 132 Å². The molecule has 10 nitrogen and oxygen atoms in total. The zero-order chi connectivity index (χ0) is 24.7. The van der Waals surface area contributed by atoms with E-state index < -0.39 is 48.7 Å². The van der Waals surface area contributed by atoms with Crippen molar-refractivity contribution < 1.29 is 46.6 Å². The van der Waals surface area contributed by atoms with Crippen LogP contribution >= 0.6 is 0 Å². The average Bonchev–Trinajstić information content (AvgIpc) is 2.80. The smallest absolute Gasteiger partial charge is 0.416 e. The quantitative estimate of drug-likeness (QED) is 0.539. The molecule has 3 N–H and O–H groups in total. The number of imide groups is 1. The van der Waals surface area contributed by atoms with Crippen molar-refractivity contribution in [2.24, 2.45) is 0 Å². The van der Waals surface area contributed by atoms with Crippen LogP contribution in [-0.4, -0.2) is 50.2 Å². The van der Waals surface area contributed by atoms with Gasteiger partial charge in [0.25, 0.3) is 11.8 Å². The monoisotopic (exact) mass is 481 g/mol. The first kappa shape index (κ1) is 24.4. The highest BCUT2D eigenvalue weighted by Crippen LogP contribution is 2.32. The maximum atomic E-state index is 12.5. The number of esters is 1. The Morgan fingerprint density at radius 3 is 2.29 bits per heavy atom. The summed E-state index contributed by atoms with van der Waals surface area (Å²) in [4.78, 5) is 47.3. The lowest BCUT2D eigenvalue weighted by atomic mass is 10.1. The van der Waals surface area contributed by atoms with Gasteiger partial charge < -0.3 is 24.8 Å². The SMILES string of the molecule is O=C(COC(=O)CNC(=O)c1ccc(C(F)(F)F)cc1)NC(=O)Nc1ccc2c(c1)OCCO2. The second-order valence-corrected chi connectivity index (χ2v) is 6.78. The van der Waals surface area contributed by atoms with E-state index in [0.29, 0.717) is 30.4 Å². The standard InChI is InChI=1S/C21H18F3N3O7/c22-21(23,24)13-3-1-12(2-4-13)19(30)25-10-18(29)34-11-17(28)27-20(31)26-14-5-6-15-16(9-14)33-8-7-32-15/h1-6,9H,7-8,10-11H2,(H,25,30)(H2,26,27,28,31). The summed E-state index contributed by atoms with van der Waals surface area (Å²) in [5, 5.41) is 6.51. The first-order chi connectivity index (χ1) is 16.1. The Morgan fingerprint density at radius 2 is 1.62 bits per heavy atom. The van der Waals surface area contributed by atoms with Gasteiger partial charge in [0.2, 0.25) is 0 Å². The third-order valence-electron chi connectivity index (χ3n) is 4.28. The van der Waals surface area contributed by atoms with Crippen LogP contribution in [-0.2, 0) is 20.5 Å². The van der Waals surface area contributed by atoms with Crippen molar-refractivity contribution in [3.63, 3.8) is 0 Å². The van der Waals surface area contributed by atoms with Crippen LogP contribution < -0.4 is 25.4 Å². The van der Waals surface area contributed by atoms with Crippen molar-refractivity contribution in [3.8, 4) is 11.5 Å². The Hall–Kier alpha value is -4.29. The Kier molecular flexibility index (Phi) is 7.56. The average molecular weight is 481 g/mol. The predicted octanol–water partition coefficient (Wildman–Crippen LogP) is 2.10. The molecule has 0 spiro atoms. The van der Waals surface area contributed by atoms with E-state index in [1.807, 2.05) is 5.32 Å². The Balaban J connectivity index is 1.37. The van der Waals surface area contributed by atoms with Crippen LogP contribution in [0.25, 0.3) is 0 Å². The summed E-state index contributed by atoms with van der Waals surface area (Å²) in [6.07, 6.45) is -4.54. The molecular formula is C21H18F3N3O7. The zero-order valence-corrected chi connectivity index (χ0v) is 17.4. The summed E-state index contributed by atoms with van der Waals surface area (Å²) in [7, 11) is 0. The summed E-state index contributed by atoms with van der Waals surface area (Å²) < 4.78 is 53.0. The molecule has 0 aliphatic carbocycles. The number of benzene rings is 2. The second-order valence-electron chi connectivity index (χ2n) is 6.78. The third-order valence-corrected chi connectivity index (χ3v) is 4.28. The molecule has 2 aromatic rings. The van der Waals surface area contributed by atoms with E-state index in [9.17, 15) is 32.3 Å². The summed E-state index contributed by atoms with van der Waals surface area (Å²) in [5.74, 6) is -1.79. The number of fused-ring (bicyclic) bond motifs is 1. The number of carbonyl (C=O) groups excluding carboxylic acids is 4. The second kappa shape index (κ2) is 10.6. The van der Waals surface area contributed by atoms with Gasteiger partial charge >= 0.3 is 18.2 Å². The van der Waals surface area contributed by atoms with Crippen molar-refractivity contribution in [2.75, 3.05) is 31.7 Å². The molecule has 2 aromatic carbocycles. The van der Waals surface area contributed by atoms with E-state index in [1.54, 1.807) is 6.07 Å². The lowest BCUT2D eigenvalue weighted by molar-refractivity contribution is -0.147. The predicted molar refractivity (Wildman–Crippen MR) is 109 cm³/mol. The molecule has 0 atom stereocenters. The van der Waals surface area contributed by atoms with E-state index in [4.69, 9.17) is 9.47 Å². The van der Waals surface area contributed by atoms with E-state index in [1.165, 1.54) is 12.1 Å². The highest BCUT2D eigenvalue weighted by Gasteiger charge is 2.30. The Bertz CT molecular complexity index is 1090. The number of urea groups is 1. The van der Waals surface area contributed by atoms with Crippen molar-refractivity contribution >= 4 is 29.5 Å². The number of ether oxygens (including phenoxy) is 3. The van der Waals surface area contributed by atoms with Crippen molar-refractivity contribution in [1.29, 1.82) is 0 Å². The number of halogens is 3. The molecule has 180 valence electrons. The van der Waals surface area contributed by atoms with Gasteiger partial charge in [-0.1, -0.05) is 0 Å². The zero-order valence-electron chi connectivity index (χ0n) is 17.4. The van der Waals surface area contributed by atoms with Gasteiger partial charge in [-0.15, -0.1) is 0 Å². The van der Waals surface area contributed by atoms with Gasteiger partial charge in [0.1, 0.15) is 19.8 Å². The van der Waals surface area contributed by atoms with Crippen LogP contribution in [0.1, 0.15) is 15.9 Å². The van der Waals surface area contributed by atoms with Gasteiger partial charge in [0.05, 0.1) is 5.56 Å². The van der Waals surface area contributed by atoms with E-state index in [0.717, 1.165) is 24.3 Å². The van der Waals surface area contributed by atoms with E-state index >= 15 is 0 Å². The van der Waals surface area contributed by atoms with Gasteiger partial charge in [-0.2, -0.15) is 13.2 Å². The highest BCUT2D eigenvalue weighted by molar-refractivity contribution is 6.02. The molecule has 0 aromatic heterocycles. The van der Waals surface area contributed by atoms with Crippen LogP contribution in [0.5, 0.6) is 11.5 Å². The number of nitrogens with one attached hydrogen (secondary N) is 3. The summed E-state index contributed by atoms with van der Waals surface area (Å²) >= 11 is 0. The molecule has 3 rings (SSSR count). The fourth-order valence-corrected chi connectivity index (χ4v) is 2.71. The molecule has 0 saturated heterocycles. The number of amides is 4. The third kappa shape index (κ3) is 6.85. The maximum Gasteiger partial charge on any atom is 0.416 e. The molecule has 0 radical (unpaired) electrons. The van der Waals surface area contributed by atoms with Crippen LogP contribution in [0.15, 0.2) is 42.5 Å². The number of rotatable bonds is 6. The molecule has 1 aliphatic rings. The molecule has 0 unspecified atom stereocenters. The molecule has 4 amide bonds. The number of carbonyl (C=O) groups is 4. The first-order valence-corrected chi connectivity index (χ1v) is 9.73. The van der Waals surface area contributed by atoms with Crippen LogP contribution in [0.3, 0.4) is 0 Å². The summed E-state index contributed by atoms with van der Waals surface area (Å²) in [5.41, 5.74) is -0.695. The molecule has 34 heavy (non-hydrogen) atoms. The van der Waals surface area contributed by atoms with Gasteiger partial charge in [-0.05, 0) is 36.4 Å². The highest BCUT2D eigenvalue weighted by atomic mass is 19.4. The van der Waals surface area contributed by atoms with E-state index in [2.05, 4.69) is 15.4 Å². The number of alkyl halides is 3. The minimum Gasteiger partial charge on any atom is -0.486 e. The van der Waals surface area contributed by atoms with Crippen molar-refractivity contribution in [3.05, 3.63) is 53.6 Å².